The molecular weight excluding hydrogens is 286 g/mol. The Kier molecular flexibility index (Phi) is 3.42. The molecule has 3 aromatic rings. The largest absolute Gasteiger partial charge is 0.285 e. The minimum Gasteiger partial charge on any atom is -0.284 e. The number of rotatable bonds is 3. The van der Waals surface area contributed by atoms with Crippen LogP contribution < -0.4 is 5.56 Å². The second-order valence-electron chi connectivity index (χ2n) is 4.70. The van der Waals surface area contributed by atoms with E-state index in [0.29, 0.717) is 10.1 Å². The van der Waals surface area contributed by atoms with Crippen molar-refractivity contribution in [1.82, 2.24) is 24.5 Å². The van der Waals surface area contributed by atoms with E-state index in [1.165, 1.54) is 11.8 Å². The average molecular weight is 301 g/mol. The van der Waals surface area contributed by atoms with E-state index in [-0.39, 0.29) is 5.56 Å². The van der Waals surface area contributed by atoms with Crippen LogP contribution in [-0.4, -0.2) is 24.5 Å². The van der Waals surface area contributed by atoms with Crippen LogP contribution >= 0.6 is 11.8 Å². The van der Waals surface area contributed by atoms with Gasteiger partial charge in [-0.1, -0.05) is 18.2 Å². The van der Waals surface area contributed by atoms with Crippen LogP contribution in [0.2, 0.25) is 0 Å². The van der Waals surface area contributed by atoms with Crippen LogP contribution in [0.15, 0.2) is 45.2 Å². The lowest BCUT2D eigenvalue weighted by Gasteiger charge is -2.07. The van der Waals surface area contributed by atoms with Gasteiger partial charge in [-0.3, -0.25) is 14.6 Å². The molecule has 0 spiro atoms. The SMILES string of the molecule is Cc1nc(Sc2c(C)n(C)n(-c3ccccc3)c2=O)n[nH]1. The molecule has 0 bridgehead atoms. The van der Waals surface area contributed by atoms with E-state index in [0.717, 1.165) is 17.2 Å². The summed E-state index contributed by atoms with van der Waals surface area (Å²) in [6.07, 6.45) is 0. The number of hydrogen-bond acceptors (Lipinski definition) is 4. The van der Waals surface area contributed by atoms with Crippen molar-refractivity contribution in [3.63, 3.8) is 0 Å². The minimum atomic E-state index is -0.0614. The summed E-state index contributed by atoms with van der Waals surface area (Å²) in [4.78, 5) is 17.6. The van der Waals surface area contributed by atoms with Crippen molar-refractivity contribution in [2.24, 2.45) is 7.05 Å². The lowest BCUT2D eigenvalue weighted by molar-refractivity contribution is 0.630. The summed E-state index contributed by atoms with van der Waals surface area (Å²) >= 11 is 1.28. The number of benzene rings is 1. The predicted octanol–water partition coefficient (Wildman–Crippen LogP) is 2.06. The fourth-order valence-electron chi connectivity index (χ4n) is 2.12. The van der Waals surface area contributed by atoms with E-state index < -0.39 is 0 Å². The quantitative estimate of drug-likeness (QED) is 0.804. The fourth-order valence-corrected chi connectivity index (χ4v) is 3.03. The third-order valence-corrected chi connectivity index (χ3v) is 4.31. The number of aromatic nitrogens is 5. The van der Waals surface area contributed by atoms with E-state index in [9.17, 15) is 4.79 Å². The van der Waals surface area contributed by atoms with Crippen molar-refractivity contribution >= 4 is 11.8 Å². The molecule has 108 valence electrons. The van der Waals surface area contributed by atoms with Crippen LogP contribution in [0.4, 0.5) is 0 Å². The van der Waals surface area contributed by atoms with Gasteiger partial charge in [0.15, 0.2) is 0 Å². The van der Waals surface area contributed by atoms with E-state index in [2.05, 4.69) is 15.2 Å². The van der Waals surface area contributed by atoms with E-state index in [1.54, 1.807) is 4.68 Å². The second-order valence-corrected chi connectivity index (χ2v) is 5.67. The molecule has 1 N–H and O–H groups in total. The molecule has 7 heteroatoms. The number of para-hydroxylation sites is 1. The summed E-state index contributed by atoms with van der Waals surface area (Å²) in [5, 5.41) is 7.41. The van der Waals surface area contributed by atoms with Gasteiger partial charge >= 0.3 is 0 Å². The van der Waals surface area contributed by atoms with Crippen molar-refractivity contribution in [1.29, 1.82) is 0 Å². The molecule has 0 atom stereocenters. The second kappa shape index (κ2) is 5.25. The van der Waals surface area contributed by atoms with Gasteiger partial charge in [-0.05, 0) is 37.7 Å². The summed E-state index contributed by atoms with van der Waals surface area (Å²) in [7, 11) is 1.87. The van der Waals surface area contributed by atoms with Gasteiger partial charge in [0.1, 0.15) is 10.7 Å². The Morgan fingerprint density at radius 2 is 1.90 bits per heavy atom. The molecule has 0 unspecified atom stereocenters. The summed E-state index contributed by atoms with van der Waals surface area (Å²) < 4.78 is 3.50. The molecule has 2 heterocycles. The summed E-state index contributed by atoms with van der Waals surface area (Å²) in [5.41, 5.74) is 1.66. The number of H-pyrrole nitrogens is 1. The first-order valence-corrected chi connectivity index (χ1v) is 7.30. The maximum absolute atomic E-state index is 12.7. The third-order valence-electron chi connectivity index (χ3n) is 3.27. The first kappa shape index (κ1) is 13.7. The Balaban J connectivity index is 2.09. The number of aromatic amines is 1. The van der Waals surface area contributed by atoms with Gasteiger partial charge in [-0.15, -0.1) is 5.10 Å². The monoisotopic (exact) mass is 301 g/mol. The molecule has 0 radical (unpaired) electrons. The van der Waals surface area contributed by atoms with Crippen molar-refractivity contribution in [3.8, 4) is 5.69 Å². The highest BCUT2D eigenvalue weighted by Crippen LogP contribution is 2.25. The van der Waals surface area contributed by atoms with Crippen LogP contribution in [0, 0.1) is 13.8 Å². The van der Waals surface area contributed by atoms with Crippen LogP contribution in [0.25, 0.3) is 5.69 Å². The molecular formula is C14H15N5OS. The lowest BCUT2D eigenvalue weighted by atomic mass is 10.3. The Hall–Kier alpha value is -2.28. The van der Waals surface area contributed by atoms with Crippen LogP contribution in [-0.2, 0) is 7.05 Å². The Morgan fingerprint density at radius 1 is 1.19 bits per heavy atom. The lowest BCUT2D eigenvalue weighted by Crippen LogP contribution is -2.19. The highest BCUT2D eigenvalue weighted by Gasteiger charge is 2.18. The normalized spacial score (nSPS) is 11.0. The number of nitrogens with zero attached hydrogens (tertiary/aromatic N) is 4. The smallest absolute Gasteiger partial charge is 0.284 e. The zero-order valence-corrected chi connectivity index (χ0v) is 12.8. The molecule has 0 saturated carbocycles. The third kappa shape index (κ3) is 2.40. The summed E-state index contributed by atoms with van der Waals surface area (Å²) in [5.74, 6) is 0.731. The van der Waals surface area contributed by atoms with E-state index >= 15 is 0 Å². The first-order valence-electron chi connectivity index (χ1n) is 6.49. The van der Waals surface area contributed by atoms with Gasteiger partial charge in [0, 0.05) is 7.05 Å². The maximum Gasteiger partial charge on any atom is 0.285 e. The molecule has 21 heavy (non-hydrogen) atoms. The van der Waals surface area contributed by atoms with Gasteiger partial charge in [0.05, 0.1) is 11.4 Å². The molecule has 0 amide bonds. The molecule has 2 aromatic heterocycles. The van der Waals surface area contributed by atoms with Gasteiger partial charge in [0.2, 0.25) is 5.16 Å². The number of nitrogens with one attached hydrogen (secondary N) is 1. The highest BCUT2D eigenvalue weighted by molar-refractivity contribution is 7.99. The molecule has 6 nitrogen and oxygen atoms in total. The Labute approximate surface area is 125 Å². The number of hydrogen-bond donors (Lipinski definition) is 1. The van der Waals surface area contributed by atoms with Crippen molar-refractivity contribution in [2.75, 3.05) is 0 Å². The fraction of sp³-hybridized carbons (Fsp3) is 0.214. The van der Waals surface area contributed by atoms with Crippen molar-refractivity contribution < 1.29 is 0 Å². The van der Waals surface area contributed by atoms with E-state index in [1.807, 2.05) is 55.9 Å². The van der Waals surface area contributed by atoms with Crippen LogP contribution in [0.1, 0.15) is 11.5 Å². The van der Waals surface area contributed by atoms with Crippen molar-refractivity contribution in [3.05, 3.63) is 52.2 Å². The van der Waals surface area contributed by atoms with Crippen LogP contribution in [0.5, 0.6) is 0 Å². The molecule has 0 aliphatic heterocycles. The molecule has 3 rings (SSSR count). The Morgan fingerprint density at radius 3 is 2.52 bits per heavy atom. The molecule has 0 saturated heterocycles. The van der Waals surface area contributed by atoms with Gasteiger partial charge < -0.3 is 0 Å². The minimum absolute atomic E-state index is 0.0614. The molecule has 0 fully saturated rings. The van der Waals surface area contributed by atoms with Gasteiger partial charge in [0.25, 0.3) is 5.56 Å². The Bertz CT molecular complexity index is 831. The maximum atomic E-state index is 12.7. The molecule has 1 aromatic carbocycles. The van der Waals surface area contributed by atoms with Gasteiger partial charge in [-0.2, -0.15) is 0 Å². The van der Waals surface area contributed by atoms with Gasteiger partial charge in [-0.25, -0.2) is 9.67 Å². The number of aryl methyl sites for hydroxylation is 1. The van der Waals surface area contributed by atoms with Crippen molar-refractivity contribution in [2.45, 2.75) is 23.9 Å². The predicted molar refractivity (Wildman–Crippen MR) is 81.0 cm³/mol. The summed E-state index contributed by atoms with van der Waals surface area (Å²) in [6.45, 7) is 3.75. The zero-order chi connectivity index (χ0) is 15.0. The van der Waals surface area contributed by atoms with E-state index in [4.69, 9.17) is 0 Å². The zero-order valence-electron chi connectivity index (χ0n) is 12.0. The molecule has 0 aliphatic rings. The van der Waals surface area contributed by atoms with Crippen LogP contribution in [0.3, 0.4) is 0 Å². The first-order chi connectivity index (χ1) is 10.1. The molecule has 0 aliphatic carbocycles. The standard InChI is InChI=1S/C14H15N5OS/c1-9-12(21-14-15-10(2)16-17-14)13(20)19(18(9)3)11-7-5-4-6-8-11/h4-8H,1-3H3,(H,15,16,17). The average Bonchev–Trinajstić information content (AvgIpc) is 2.98. The highest BCUT2D eigenvalue weighted by atomic mass is 32.2. The topological polar surface area (TPSA) is 68.5 Å². The summed E-state index contributed by atoms with van der Waals surface area (Å²) in [6, 6.07) is 9.57.